The molecule has 3 atom stereocenters. The smallest absolute Gasteiger partial charge is 0.142 e. The second-order valence-electron chi connectivity index (χ2n) is 6.41. The fourth-order valence-electron chi connectivity index (χ4n) is 3.45. The molecule has 1 aromatic carbocycles. The number of anilines is 1. The lowest BCUT2D eigenvalue weighted by molar-refractivity contribution is 0.0947. The molecule has 0 amide bonds. The van der Waals surface area contributed by atoms with Gasteiger partial charge in [0.25, 0.3) is 0 Å². The average Bonchev–Trinajstić information content (AvgIpc) is 2.43. The standard InChI is InChI=1S/C17H25NO/c1-4-12-5-7-16-14(9-12)18-15-10-13(11(2)3)6-8-17(15)19-16/h5,7,9,11,13,15,17-18H,4,6,8,10H2,1-3H3. The van der Waals surface area contributed by atoms with Gasteiger partial charge in [-0.1, -0.05) is 26.8 Å². The molecule has 0 bridgehead atoms. The van der Waals surface area contributed by atoms with E-state index in [2.05, 4.69) is 44.3 Å². The minimum atomic E-state index is 0.370. The molecule has 1 aromatic rings. The van der Waals surface area contributed by atoms with E-state index >= 15 is 0 Å². The molecule has 0 aromatic heterocycles. The maximum absolute atomic E-state index is 6.20. The lowest BCUT2D eigenvalue weighted by Gasteiger charge is -2.42. The third-order valence-electron chi connectivity index (χ3n) is 4.84. The Morgan fingerprint density at radius 2 is 2.16 bits per heavy atom. The zero-order valence-electron chi connectivity index (χ0n) is 12.3. The molecule has 1 aliphatic carbocycles. The summed E-state index contributed by atoms with van der Waals surface area (Å²) in [5, 5.41) is 3.73. The Hall–Kier alpha value is -1.18. The van der Waals surface area contributed by atoms with Crippen molar-refractivity contribution in [1.29, 1.82) is 0 Å². The van der Waals surface area contributed by atoms with Crippen LogP contribution in [-0.2, 0) is 6.42 Å². The first-order valence-corrected chi connectivity index (χ1v) is 7.73. The van der Waals surface area contributed by atoms with Crippen molar-refractivity contribution >= 4 is 5.69 Å². The molecule has 0 spiro atoms. The van der Waals surface area contributed by atoms with E-state index in [1.54, 1.807) is 0 Å². The van der Waals surface area contributed by atoms with Crippen LogP contribution in [0, 0.1) is 11.8 Å². The fraction of sp³-hybridized carbons (Fsp3) is 0.647. The first-order valence-electron chi connectivity index (χ1n) is 7.73. The van der Waals surface area contributed by atoms with Gasteiger partial charge in [0.05, 0.1) is 11.7 Å². The van der Waals surface area contributed by atoms with Crippen LogP contribution in [0.3, 0.4) is 0 Å². The predicted octanol–water partition coefficient (Wildman–Crippen LogP) is 4.25. The summed E-state index contributed by atoms with van der Waals surface area (Å²) in [7, 11) is 0. The van der Waals surface area contributed by atoms with E-state index in [0.717, 1.165) is 24.0 Å². The van der Waals surface area contributed by atoms with Crippen molar-refractivity contribution < 1.29 is 4.74 Å². The molecule has 1 fully saturated rings. The molecule has 2 nitrogen and oxygen atoms in total. The van der Waals surface area contributed by atoms with Gasteiger partial charge in [-0.2, -0.15) is 0 Å². The second-order valence-corrected chi connectivity index (χ2v) is 6.41. The highest BCUT2D eigenvalue weighted by molar-refractivity contribution is 5.60. The minimum absolute atomic E-state index is 0.370. The summed E-state index contributed by atoms with van der Waals surface area (Å²) < 4.78 is 6.20. The molecule has 1 heterocycles. The Morgan fingerprint density at radius 3 is 2.89 bits per heavy atom. The monoisotopic (exact) mass is 259 g/mol. The van der Waals surface area contributed by atoms with Crippen molar-refractivity contribution in [1.82, 2.24) is 0 Å². The molecule has 1 aliphatic heterocycles. The molecule has 1 N–H and O–H groups in total. The van der Waals surface area contributed by atoms with Crippen LogP contribution in [0.2, 0.25) is 0 Å². The van der Waals surface area contributed by atoms with E-state index in [1.165, 1.54) is 30.5 Å². The zero-order valence-corrected chi connectivity index (χ0v) is 12.3. The molecule has 104 valence electrons. The summed E-state index contributed by atoms with van der Waals surface area (Å²) in [6.45, 7) is 6.89. The van der Waals surface area contributed by atoms with Gasteiger partial charge >= 0.3 is 0 Å². The van der Waals surface area contributed by atoms with Crippen molar-refractivity contribution in [2.45, 2.75) is 58.6 Å². The topological polar surface area (TPSA) is 21.3 Å². The van der Waals surface area contributed by atoms with Crippen molar-refractivity contribution in [2.24, 2.45) is 11.8 Å². The van der Waals surface area contributed by atoms with Gasteiger partial charge in [-0.15, -0.1) is 0 Å². The first-order chi connectivity index (χ1) is 9.17. The van der Waals surface area contributed by atoms with Crippen LogP contribution >= 0.6 is 0 Å². The summed E-state index contributed by atoms with van der Waals surface area (Å²) in [5.74, 6) is 2.67. The maximum Gasteiger partial charge on any atom is 0.142 e. The lowest BCUT2D eigenvalue weighted by Crippen LogP contribution is -2.46. The summed E-state index contributed by atoms with van der Waals surface area (Å²) >= 11 is 0. The van der Waals surface area contributed by atoms with E-state index in [9.17, 15) is 0 Å². The number of rotatable bonds is 2. The van der Waals surface area contributed by atoms with Gasteiger partial charge in [0.2, 0.25) is 0 Å². The molecule has 19 heavy (non-hydrogen) atoms. The molecule has 3 rings (SSSR count). The van der Waals surface area contributed by atoms with E-state index < -0.39 is 0 Å². The van der Waals surface area contributed by atoms with Gasteiger partial charge in [0.15, 0.2) is 0 Å². The first kappa shape index (κ1) is 12.8. The number of fused-ring (bicyclic) bond motifs is 2. The Balaban J connectivity index is 1.80. The largest absolute Gasteiger partial charge is 0.486 e. The number of ether oxygens (including phenoxy) is 1. The van der Waals surface area contributed by atoms with Gasteiger partial charge in [0, 0.05) is 0 Å². The number of hydrogen-bond acceptors (Lipinski definition) is 2. The molecule has 2 aliphatic rings. The van der Waals surface area contributed by atoms with E-state index in [1.807, 2.05) is 0 Å². The van der Waals surface area contributed by atoms with Crippen LogP contribution in [0.5, 0.6) is 5.75 Å². The van der Waals surface area contributed by atoms with Crippen molar-refractivity contribution in [3.8, 4) is 5.75 Å². The van der Waals surface area contributed by atoms with Crippen molar-refractivity contribution in [2.75, 3.05) is 5.32 Å². The van der Waals surface area contributed by atoms with E-state index in [4.69, 9.17) is 4.74 Å². The highest BCUT2D eigenvalue weighted by Gasteiger charge is 2.36. The van der Waals surface area contributed by atoms with Crippen LogP contribution < -0.4 is 10.1 Å². The summed E-state index contributed by atoms with van der Waals surface area (Å²) in [4.78, 5) is 0. The summed E-state index contributed by atoms with van der Waals surface area (Å²) in [6, 6.07) is 7.07. The minimum Gasteiger partial charge on any atom is -0.486 e. The highest BCUT2D eigenvalue weighted by atomic mass is 16.5. The van der Waals surface area contributed by atoms with Gasteiger partial charge < -0.3 is 10.1 Å². The van der Waals surface area contributed by atoms with Crippen molar-refractivity contribution in [3.63, 3.8) is 0 Å². The van der Waals surface area contributed by atoms with Gasteiger partial charge in [-0.25, -0.2) is 0 Å². The fourth-order valence-corrected chi connectivity index (χ4v) is 3.45. The molecule has 3 unspecified atom stereocenters. The molecule has 2 heteroatoms. The average molecular weight is 259 g/mol. The molecule has 0 radical (unpaired) electrons. The van der Waals surface area contributed by atoms with Crippen LogP contribution in [0.1, 0.15) is 45.6 Å². The Bertz CT molecular complexity index is 455. The second kappa shape index (κ2) is 5.07. The molecular formula is C17H25NO. The molecular weight excluding hydrogens is 234 g/mol. The molecule has 0 saturated heterocycles. The van der Waals surface area contributed by atoms with Crippen LogP contribution in [0.25, 0.3) is 0 Å². The van der Waals surface area contributed by atoms with Crippen LogP contribution in [-0.4, -0.2) is 12.1 Å². The summed E-state index contributed by atoms with van der Waals surface area (Å²) in [5.41, 5.74) is 2.58. The van der Waals surface area contributed by atoms with Crippen LogP contribution in [0.15, 0.2) is 18.2 Å². The van der Waals surface area contributed by atoms with E-state index in [-0.39, 0.29) is 0 Å². The van der Waals surface area contributed by atoms with E-state index in [0.29, 0.717) is 12.1 Å². The SMILES string of the molecule is CCc1ccc2c(c1)NC1CC(C(C)C)CCC1O2. The summed E-state index contributed by atoms with van der Waals surface area (Å²) in [6.07, 6.45) is 5.20. The van der Waals surface area contributed by atoms with Crippen LogP contribution in [0.4, 0.5) is 5.69 Å². The lowest BCUT2D eigenvalue weighted by atomic mass is 9.77. The number of benzene rings is 1. The Morgan fingerprint density at radius 1 is 1.32 bits per heavy atom. The highest BCUT2D eigenvalue weighted by Crippen LogP contribution is 2.40. The zero-order chi connectivity index (χ0) is 13.4. The number of hydrogen-bond donors (Lipinski definition) is 1. The van der Waals surface area contributed by atoms with Gasteiger partial charge in [-0.3, -0.25) is 0 Å². The third kappa shape index (κ3) is 2.45. The molecule has 1 saturated carbocycles. The third-order valence-corrected chi connectivity index (χ3v) is 4.84. The predicted molar refractivity (Wildman–Crippen MR) is 79.8 cm³/mol. The van der Waals surface area contributed by atoms with Gasteiger partial charge in [0.1, 0.15) is 11.9 Å². The number of nitrogens with one attached hydrogen (secondary N) is 1. The Kier molecular flexibility index (Phi) is 3.42. The maximum atomic E-state index is 6.20. The normalized spacial score (nSPS) is 29.2. The Labute approximate surface area is 116 Å². The number of aryl methyl sites for hydroxylation is 1. The van der Waals surface area contributed by atoms with Gasteiger partial charge in [-0.05, 0) is 55.2 Å². The quantitative estimate of drug-likeness (QED) is 0.857. The van der Waals surface area contributed by atoms with Crippen molar-refractivity contribution in [3.05, 3.63) is 23.8 Å².